The average molecular weight is 418 g/mol. The van der Waals surface area contributed by atoms with Crippen molar-refractivity contribution in [1.29, 1.82) is 0 Å². The van der Waals surface area contributed by atoms with Crippen LogP contribution >= 0.6 is 0 Å². The van der Waals surface area contributed by atoms with E-state index >= 15 is 0 Å². The first-order valence-electron chi connectivity index (χ1n) is 10.0. The van der Waals surface area contributed by atoms with E-state index in [1.165, 1.54) is 23.1 Å². The smallest absolute Gasteiger partial charge is 0.259 e. The second-order valence-corrected chi connectivity index (χ2v) is 7.72. The predicted molar refractivity (Wildman–Crippen MR) is 117 cm³/mol. The number of halogens is 1. The molecule has 1 atom stereocenters. The number of rotatable bonds is 5. The van der Waals surface area contributed by atoms with Crippen LogP contribution < -0.4 is 15.0 Å². The summed E-state index contributed by atoms with van der Waals surface area (Å²) in [5, 5.41) is 2.94. The number of benzene rings is 3. The molecule has 1 aliphatic rings. The Morgan fingerprint density at radius 1 is 1.10 bits per heavy atom. The third kappa shape index (κ3) is 3.77. The molecule has 0 spiro atoms. The molecule has 6 heteroatoms. The van der Waals surface area contributed by atoms with Crippen molar-refractivity contribution in [2.24, 2.45) is 0 Å². The molecule has 0 unspecified atom stereocenters. The fourth-order valence-electron chi connectivity index (χ4n) is 4.09. The number of carbonyl (C=O) groups is 2. The molecule has 5 nitrogen and oxygen atoms in total. The summed E-state index contributed by atoms with van der Waals surface area (Å²) in [5.41, 5.74) is 1.23. The van der Waals surface area contributed by atoms with Crippen LogP contribution in [0.25, 0.3) is 0 Å². The van der Waals surface area contributed by atoms with Crippen LogP contribution in [0.4, 0.5) is 10.1 Å². The van der Waals surface area contributed by atoms with Gasteiger partial charge in [0.2, 0.25) is 5.91 Å². The van der Waals surface area contributed by atoms with E-state index in [2.05, 4.69) is 5.32 Å². The number of fused-ring (bicyclic) bond motifs is 1. The van der Waals surface area contributed by atoms with Crippen molar-refractivity contribution in [1.82, 2.24) is 5.32 Å². The van der Waals surface area contributed by atoms with Gasteiger partial charge in [0.1, 0.15) is 17.1 Å². The first-order valence-corrected chi connectivity index (χ1v) is 10.0. The second-order valence-electron chi connectivity index (χ2n) is 7.72. The maximum atomic E-state index is 14.0. The molecule has 1 N–H and O–H groups in total. The van der Waals surface area contributed by atoms with E-state index in [1.54, 1.807) is 32.2 Å². The monoisotopic (exact) mass is 418 g/mol. The van der Waals surface area contributed by atoms with Crippen LogP contribution in [0.2, 0.25) is 0 Å². The topological polar surface area (TPSA) is 58.6 Å². The fraction of sp³-hybridized carbons (Fsp3) is 0.200. The Balaban J connectivity index is 1.71. The Kier molecular flexibility index (Phi) is 5.46. The zero-order valence-corrected chi connectivity index (χ0v) is 17.4. The minimum atomic E-state index is -1.23. The Hall–Kier alpha value is -3.67. The van der Waals surface area contributed by atoms with Gasteiger partial charge in [0.25, 0.3) is 5.91 Å². The minimum absolute atomic E-state index is 0.241. The molecule has 31 heavy (non-hydrogen) atoms. The van der Waals surface area contributed by atoms with Crippen molar-refractivity contribution >= 4 is 17.5 Å². The molecule has 0 saturated carbocycles. The van der Waals surface area contributed by atoms with Gasteiger partial charge in [-0.1, -0.05) is 42.5 Å². The number of hydrogen-bond donors (Lipinski definition) is 1. The van der Waals surface area contributed by atoms with E-state index in [9.17, 15) is 14.0 Å². The molecular weight excluding hydrogens is 395 g/mol. The van der Waals surface area contributed by atoms with Gasteiger partial charge in [0, 0.05) is 29.8 Å². The first-order chi connectivity index (χ1) is 14.9. The van der Waals surface area contributed by atoms with E-state index in [0.717, 1.165) is 11.1 Å². The van der Waals surface area contributed by atoms with Gasteiger partial charge in [-0.3, -0.25) is 14.5 Å². The predicted octanol–water partition coefficient (Wildman–Crippen LogP) is 4.11. The Labute approximate surface area is 180 Å². The number of para-hydroxylation sites is 1. The molecule has 3 aromatic carbocycles. The fourth-order valence-corrected chi connectivity index (χ4v) is 4.09. The van der Waals surface area contributed by atoms with Gasteiger partial charge in [-0.25, -0.2) is 4.39 Å². The molecule has 2 amide bonds. The number of carbonyl (C=O) groups excluding carboxylic acids is 2. The number of nitrogens with zero attached hydrogens (tertiary/aromatic N) is 1. The summed E-state index contributed by atoms with van der Waals surface area (Å²) in [5.74, 6) is -0.464. The highest BCUT2D eigenvalue weighted by Gasteiger charge is 2.47. The number of nitrogens with one attached hydrogen (secondary N) is 1. The Bertz CT molecular complexity index is 1150. The van der Waals surface area contributed by atoms with Gasteiger partial charge in [-0.15, -0.1) is 0 Å². The van der Waals surface area contributed by atoms with Crippen molar-refractivity contribution in [3.8, 4) is 5.75 Å². The Morgan fingerprint density at radius 2 is 1.84 bits per heavy atom. The van der Waals surface area contributed by atoms with Gasteiger partial charge in [-0.2, -0.15) is 0 Å². The molecule has 0 bridgehead atoms. The molecular formula is C25H23FN2O3. The molecule has 3 aromatic rings. The normalized spacial score (nSPS) is 17.8. The van der Waals surface area contributed by atoms with Crippen molar-refractivity contribution < 1.29 is 18.7 Å². The molecule has 0 radical (unpaired) electrons. The van der Waals surface area contributed by atoms with E-state index in [-0.39, 0.29) is 18.4 Å². The van der Waals surface area contributed by atoms with Crippen molar-refractivity contribution in [2.75, 3.05) is 12.0 Å². The zero-order chi connectivity index (χ0) is 22.0. The van der Waals surface area contributed by atoms with E-state index in [4.69, 9.17) is 4.74 Å². The standard InChI is InChI=1S/C25H23FN2O3/c1-25(24(30)27-16-18-9-4-6-13-22(18)31-2)15-17-8-3-5-12-21(17)23(29)28(25)20-11-7-10-19(26)14-20/h3-14H,15-16H2,1-2H3,(H,27,30)/t25-/m1/s1. The number of anilines is 1. The summed E-state index contributed by atoms with van der Waals surface area (Å²) in [4.78, 5) is 28.3. The number of ether oxygens (including phenoxy) is 1. The summed E-state index contributed by atoms with van der Waals surface area (Å²) >= 11 is 0. The number of hydrogen-bond acceptors (Lipinski definition) is 3. The van der Waals surface area contributed by atoms with Gasteiger partial charge in [0.05, 0.1) is 7.11 Å². The zero-order valence-electron chi connectivity index (χ0n) is 17.4. The second kappa shape index (κ2) is 8.22. The Morgan fingerprint density at radius 3 is 2.61 bits per heavy atom. The van der Waals surface area contributed by atoms with Gasteiger partial charge >= 0.3 is 0 Å². The lowest BCUT2D eigenvalue weighted by Crippen LogP contribution is -2.63. The summed E-state index contributed by atoms with van der Waals surface area (Å²) in [6.45, 7) is 1.95. The van der Waals surface area contributed by atoms with Crippen LogP contribution in [0.1, 0.15) is 28.4 Å². The van der Waals surface area contributed by atoms with Crippen LogP contribution in [-0.4, -0.2) is 24.5 Å². The molecule has 0 aliphatic carbocycles. The third-order valence-corrected chi connectivity index (χ3v) is 5.67. The average Bonchev–Trinajstić information content (AvgIpc) is 2.77. The van der Waals surface area contributed by atoms with E-state index in [1.807, 2.05) is 36.4 Å². The maximum absolute atomic E-state index is 14.0. The third-order valence-electron chi connectivity index (χ3n) is 5.67. The molecule has 4 rings (SSSR count). The first kappa shape index (κ1) is 20.6. The van der Waals surface area contributed by atoms with Crippen LogP contribution in [0.5, 0.6) is 5.75 Å². The lowest BCUT2D eigenvalue weighted by molar-refractivity contribution is -0.126. The van der Waals surface area contributed by atoms with Crippen LogP contribution in [0.3, 0.4) is 0 Å². The van der Waals surface area contributed by atoms with Crippen LogP contribution in [-0.2, 0) is 17.8 Å². The highest BCUT2D eigenvalue weighted by atomic mass is 19.1. The summed E-state index contributed by atoms with van der Waals surface area (Å²) in [6.07, 6.45) is 0.309. The van der Waals surface area contributed by atoms with E-state index in [0.29, 0.717) is 23.4 Å². The van der Waals surface area contributed by atoms with Crippen molar-refractivity contribution in [2.45, 2.75) is 25.4 Å². The summed E-state index contributed by atoms with van der Waals surface area (Å²) < 4.78 is 19.4. The maximum Gasteiger partial charge on any atom is 0.259 e. The highest BCUT2D eigenvalue weighted by molar-refractivity contribution is 6.14. The molecule has 1 aliphatic heterocycles. The SMILES string of the molecule is COc1ccccc1CNC(=O)[C@@]1(C)Cc2ccccc2C(=O)N1c1cccc(F)c1. The molecule has 158 valence electrons. The largest absolute Gasteiger partial charge is 0.496 e. The lowest BCUT2D eigenvalue weighted by atomic mass is 9.82. The van der Waals surface area contributed by atoms with Gasteiger partial charge < -0.3 is 10.1 Å². The van der Waals surface area contributed by atoms with Crippen molar-refractivity contribution in [3.05, 3.63) is 95.3 Å². The van der Waals surface area contributed by atoms with Crippen LogP contribution in [0.15, 0.2) is 72.8 Å². The summed E-state index contributed by atoms with van der Waals surface area (Å²) in [7, 11) is 1.57. The summed E-state index contributed by atoms with van der Waals surface area (Å²) in [6, 6.07) is 20.4. The van der Waals surface area contributed by atoms with Gasteiger partial charge in [-0.05, 0) is 42.8 Å². The minimum Gasteiger partial charge on any atom is -0.496 e. The lowest BCUT2D eigenvalue weighted by Gasteiger charge is -2.44. The molecule has 0 aromatic heterocycles. The van der Waals surface area contributed by atoms with Crippen molar-refractivity contribution in [3.63, 3.8) is 0 Å². The number of methoxy groups -OCH3 is 1. The molecule has 0 saturated heterocycles. The quantitative estimate of drug-likeness (QED) is 0.678. The van der Waals surface area contributed by atoms with Crippen LogP contribution in [0, 0.1) is 5.82 Å². The van der Waals surface area contributed by atoms with E-state index < -0.39 is 11.4 Å². The number of amides is 2. The molecule has 1 heterocycles. The molecule has 0 fully saturated rings. The highest BCUT2D eigenvalue weighted by Crippen LogP contribution is 2.36. The van der Waals surface area contributed by atoms with Gasteiger partial charge in [0.15, 0.2) is 0 Å².